The maximum Gasteiger partial charge on any atom is 0.333 e. The van der Waals surface area contributed by atoms with Gasteiger partial charge in [0.2, 0.25) is 0 Å². The maximum atomic E-state index is 10.7. The van der Waals surface area contributed by atoms with Crippen LogP contribution in [0.5, 0.6) is 0 Å². The molecule has 3 nitrogen and oxygen atoms in total. The van der Waals surface area contributed by atoms with E-state index in [4.69, 9.17) is 5.11 Å². The number of halogens is 1. The number of aliphatic hydroxyl groups is 1. The van der Waals surface area contributed by atoms with Crippen LogP contribution >= 0.6 is 15.9 Å². The Bertz CT molecular complexity index is 374. The number of aliphatic hydroxyl groups excluding tert-OH is 1. The van der Waals surface area contributed by atoms with Gasteiger partial charge in [-0.05, 0) is 17.7 Å². The van der Waals surface area contributed by atoms with E-state index in [0.29, 0.717) is 0 Å². The van der Waals surface area contributed by atoms with Gasteiger partial charge in [0.25, 0.3) is 0 Å². The molecule has 0 spiro atoms. The Morgan fingerprint density at radius 1 is 1.47 bits per heavy atom. The highest BCUT2D eigenvalue weighted by Gasteiger charge is 2.35. The topological polar surface area (TPSA) is 57.5 Å². The van der Waals surface area contributed by atoms with Gasteiger partial charge in [0.15, 0.2) is 6.10 Å². The van der Waals surface area contributed by atoms with Crippen LogP contribution in [0.15, 0.2) is 28.7 Å². The summed E-state index contributed by atoms with van der Waals surface area (Å²) in [4.78, 5) is 10.7. The molecule has 0 aliphatic heterocycles. The number of benzene rings is 1. The summed E-state index contributed by atoms with van der Waals surface area (Å²) in [6, 6.07) is 7.28. The minimum absolute atomic E-state index is 0.784. The lowest BCUT2D eigenvalue weighted by atomic mass is 9.79. The molecule has 0 saturated carbocycles. The van der Waals surface area contributed by atoms with Crippen molar-refractivity contribution in [1.82, 2.24) is 0 Å². The van der Waals surface area contributed by atoms with Gasteiger partial charge >= 0.3 is 5.97 Å². The predicted molar refractivity (Wildman–Crippen MR) is 60.8 cm³/mol. The number of hydrogen-bond donors (Lipinski definition) is 2. The van der Waals surface area contributed by atoms with Crippen LogP contribution in [0.25, 0.3) is 0 Å². The van der Waals surface area contributed by atoms with E-state index in [-0.39, 0.29) is 0 Å². The van der Waals surface area contributed by atoms with Gasteiger partial charge in [-0.1, -0.05) is 41.9 Å². The molecule has 1 unspecified atom stereocenters. The Hall–Kier alpha value is -0.870. The summed E-state index contributed by atoms with van der Waals surface area (Å²) in [5.74, 6) is -1.21. The third-order valence-electron chi connectivity index (χ3n) is 2.49. The molecule has 2 N–H and O–H groups in total. The molecule has 1 atom stereocenters. The third-order valence-corrected chi connectivity index (χ3v) is 2.98. The molecule has 82 valence electrons. The standard InChI is InChI=1S/C11H13BrO3/c1-11(2,9(13)10(14)15)7-4-3-5-8(12)6-7/h3-6,9,13H,1-2H3,(H,14,15). The van der Waals surface area contributed by atoms with Gasteiger partial charge in [-0.3, -0.25) is 0 Å². The first kappa shape index (κ1) is 12.2. The molecule has 0 heterocycles. The largest absolute Gasteiger partial charge is 0.479 e. The van der Waals surface area contributed by atoms with E-state index in [1.165, 1.54) is 0 Å². The monoisotopic (exact) mass is 272 g/mol. The van der Waals surface area contributed by atoms with Crippen molar-refractivity contribution < 1.29 is 15.0 Å². The van der Waals surface area contributed by atoms with Crippen LogP contribution in [-0.4, -0.2) is 22.3 Å². The number of carbonyl (C=O) groups is 1. The lowest BCUT2D eigenvalue weighted by Gasteiger charge is -2.28. The van der Waals surface area contributed by atoms with Crippen molar-refractivity contribution in [3.05, 3.63) is 34.3 Å². The summed E-state index contributed by atoms with van der Waals surface area (Å²) >= 11 is 3.31. The van der Waals surface area contributed by atoms with E-state index in [1.54, 1.807) is 19.9 Å². The van der Waals surface area contributed by atoms with E-state index in [0.717, 1.165) is 10.0 Å². The molecule has 1 aromatic rings. The van der Waals surface area contributed by atoms with Crippen LogP contribution in [-0.2, 0) is 10.2 Å². The Balaban J connectivity index is 3.10. The molecule has 0 aliphatic carbocycles. The molecule has 0 fully saturated rings. The quantitative estimate of drug-likeness (QED) is 0.887. The summed E-state index contributed by atoms with van der Waals surface area (Å²) in [6.45, 7) is 3.40. The predicted octanol–water partition coefficient (Wildman–Crippen LogP) is 2.17. The van der Waals surface area contributed by atoms with Gasteiger partial charge in [0.05, 0.1) is 0 Å². The lowest BCUT2D eigenvalue weighted by molar-refractivity contribution is -0.150. The first-order chi connectivity index (χ1) is 6.85. The summed E-state index contributed by atoms with van der Waals surface area (Å²) in [5.41, 5.74) is -0.0259. The molecule has 15 heavy (non-hydrogen) atoms. The third kappa shape index (κ3) is 2.58. The molecule has 0 aliphatic rings. The van der Waals surface area contributed by atoms with E-state index < -0.39 is 17.5 Å². The molecule has 0 aromatic heterocycles. The zero-order valence-corrected chi connectivity index (χ0v) is 10.2. The number of aliphatic carboxylic acids is 1. The average molecular weight is 273 g/mol. The number of carboxylic acids is 1. The molecule has 0 radical (unpaired) electrons. The van der Waals surface area contributed by atoms with Crippen LogP contribution in [0, 0.1) is 0 Å². The minimum atomic E-state index is -1.41. The van der Waals surface area contributed by atoms with Crippen molar-refractivity contribution in [3.8, 4) is 0 Å². The van der Waals surface area contributed by atoms with Crippen molar-refractivity contribution in [1.29, 1.82) is 0 Å². The highest BCUT2D eigenvalue weighted by Crippen LogP contribution is 2.29. The van der Waals surface area contributed by atoms with Crippen molar-refractivity contribution in [2.75, 3.05) is 0 Å². The summed E-state index contributed by atoms with van der Waals surface area (Å²) in [7, 11) is 0. The van der Waals surface area contributed by atoms with Gasteiger partial charge in [0, 0.05) is 9.89 Å². The molecular formula is C11H13BrO3. The zero-order valence-electron chi connectivity index (χ0n) is 8.57. The van der Waals surface area contributed by atoms with Crippen molar-refractivity contribution in [3.63, 3.8) is 0 Å². The number of carboxylic acid groups (broad SMARTS) is 1. The molecule has 0 bridgehead atoms. The molecule has 0 amide bonds. The fourth-order valence-corrected chi connectivity index (χ4v) is 1.76. The molecular weight excluding hydrogens is 260 g/mol. The maximum absolute atomic E-state index is 10.7. The van der Waals surface area contributed by atoms with Gasteiger partial charge in [0.1, 0.15) is 0 Å². The van der Waals surface area contributed by atoms with Crippen molar-refractivity contribution in [2.45, 2.75) is 25.4 Å². The lowest BCUT2D eigenvalue weighted by Crippen LogP contribution is -2.39. The minimum Gasteiger partial charge on any atom is -0.479 e. The zero-order chi connectivity index (χ0) is 11.6. The van der Waals surface area contributed by atoms with Gasteiger partial charge < -0.3 is 10.2 Å². The first-order valence-corrected chi connectivity index (χ1v) is 5.32. The summed E-state index contributed by atoms with van der Waals surface area (Å²) in [6.07, 6.45) is -1.41. The van der Waals surface area contributed by atoms with Gasteiger partial charge in [-0.2, -0.15) is 0 Å². The molecule has 0 saturated heterocycles. The fourth-order valence-electron chi connectivity index (χ4n) is 1.36. The Kier molecular flexibility index (Phi) is 3.52. The Morgan fingerprint density at radius 3 is 2.53 bits per heavy atom. The van der Waals surface area contributed by atoms with Crippen LogP contribution in [0.2, 0.25) is 0 Å². The fraction of sp³-hybridized carbons (Fsp3) is 0.364. The highest BCUT2D eigenvalue weighted by atomic mass is 79.9. The van der Waals surface area contributed by atoms with E-state index in [2.05, 4.69) is 15.9 Å². The normalized spacial score (nSPS) is 13.6. The second-order valence-corrected chi connectivity index (χ2v) is 4.89. The average Bonchev–Trinajstić information content (AvgIpc) is 2.16. The van der Waals surface area contributed by atoms with E-state index in [9.17, 15) is 9.90 Å². The summed E-state index contributed by atoms with van der Waals surface area (Å²) in [5, 5.41) is 18.4. The van der Waals surface area contributed by atoms with Gasteiger partial charge in [-0.15, -0.1) is 0 Å². The Morgan fingerprint density at radius 2 is 2.07 bits per heavy atom. The number of rotatable bonds is 3. The van der Waals surface area contributed by atoms with Crippen molar-refractivity contribution >= 4 is 21.9 Å². The number of hydrogen-bond acceptors (Lipinski definition) is 2. The molecule has 1 rings (SSSR count). The Labute approximate surface area is 96.9 Å². The van der Waals surface area contributed by atoms with Crippen LogP contribution < -0.4 is 0 Å². The van der Waals surface area contributed by atoms with Crippen LogP contribution in [0.1, 0.15) is 19.4 Å². The second kappa shape index (κ2) is 4.33. The van der Waals surface area contributed by atoms with E-state index >= 15 is 0 Å². The molecule has 4 heteroatoms. The van der Waals surface area contributed by atoms with Crippen molar-refractivity contribution in [2.24, 2.45) is 0 Å². The SMILES string of the molecule is CC(C)(c1cccc(Br)c1)C(O)C(=O)O. The second-order valence-electron chi connectivity index (χ2n) is 3.97. The molecule has 1 aromatic carbocycles. The van der Waals surface area contributed by atoms with Crippen LogP contribution in [0.3, 0.4) is 0 Å². The smallest absolute Gasteiger partial charge is 0.333 e. The first-order valence-electron chi connectivity index (χ1n) is 4.52. The van der Waals surface area contributed by atoms with Gasteiger partial charge in [-0.25, -0.2) is 4.79 Å². The highest BCUT2D eigenvalue weighted by molar-refractivity contribution is 9.10. The van der Waals surface area contributed by atoms with E-state index in [1.807, 2.05) is 18.2 Å². The van der Waals surface area contributed by atoms with Crippen LogP contribution in [0.4, 0.5) is 0 Å². The summed E-state index contributed by atoms with van der Waals surface area (Å²) < 4.78 is 0.866.